The molecule has 0 aliphatic heterocycles. The average molecular weight is 198 g/mol. The SMILES string of the molecule is C=C(F)C(=O)OC1(C)CC2CCC1C2. The van der Waals surface area contributed by atoms with E-state index in [1.54, 1.807) is 0 Å². The third-order valence-electron chi connectivity index (χ3n) is 3.65. The number of ether oxygens (including phenoxy) is 1. The van der Waals surface area contributed by atoms with E-state index in [0.29, 0.717) is 11.8 Å². The quantitative estimate of drug-likeness (QED) is 0.503. The zero-order chi connectivity index (χ0) is 10.3. The van der Waals surface area contributed by atoms with Crippen LogP contribution in [0.4, 0.5) is 4.39 Å². The van der Waals surface area contributed by atoms with E-state index in [1.807, 2.05) is 6.92 Å². The third-order valence-corrected chi connectivity index (χ3v) is 3.65. The Labute approximate surface area is 83.1 Å². The summed E-state index contributed by atoms with van der Waals surface area (Å²) in [7, 11) is 0. The summed E-state index contributed by atoms with van der Waals surface area (Å²) < 4.78 is 17.7. The molecule has 2 saturated carbocycles. The fraction of sp³-hybridized carbons (Fsp3) is 0.727. The van der Waals surface area contributed by atoms with E-state index in [1.165, 1.54) is 6.42 Å². The van der Waals surface area contributed by atoms with Gasteiger partial charge in [-0.1, -0.05) is 6.58 Å². The Morgan fingerprint density at radius 1 is 1.57 bits per heavy atom. The highest BCUT2D eigenvalue weighted by molar-refractivity contribution is 5.85. The highest BCUT2D eigenvalue weighted by atomic mass is 19.1. The lowest BCUT2D eigenvalue weighted by molar-refractivity contribution is -0.160. The van der Waals surface area contributed by atoms with Crippen molar-refractivity contribution in [2.24, 2.45) is 11.8 Å². The second-order valence-corrected chi connectivity index (χ2v) is 4.69. The number of hydrogen-bond acceptors (Lipinski definition) is 2. The van der Waals surface area contributed by atoms with Crippen molar-refractivity contribution >= 4 is 5.97 Å². The molecular formula is C11H15FO2. The summed E-state index contributed by atoms with van der Waals surface area (Å²) in [5.74, 6) is -0.782. The highest BCUT2D eigenvalue weighted by Gasteiger charge is 2.50. The van der Waals surface area contributed by atoms with Gasteiger partial charge < -0.3 is 4.74 Å². The number of hydrogen-bond donors (Lipinski definition) is 0. The van der Waals surface area contributed by atoms with Crippen molar-refractivity contribution in [2.45, 2.75) is 38.2 Å². The molecule has 14 heavy (non-hydrogen) atoms. The second kappa shape index (κ2) is 3.07. The third kappa shape index (κ3) is 1.45. The van der Waals surface area contributed by atoms with Gasteiger partial charge in [0.1, 0.15) is 5.60 Å². The minimum atomic E-state index is -0.992. The lowest BCUT2D eigenvalue weighted by atomic mass is 9.86. The maximum atomic E-state index is 12.5. The maximum Gasteiger partial charge on any atom is 0.367 e. The Bertz CT molecular complexity index is 287. The van der Waals surface area contributed by atoms with Crippen LogP contribution in [-0.2, 0) is 9.53 Å². The minimum Gasteiger partial charge on any atom is -0.454 e. The second-order valence-electron chi connectivity index (χ2n) is 4.69. The molecule has 0 aromatic rings. The van der Waals surface area contributed by atoms with Gasteiger partial charge in [-0.25, -0.2) is 4.79 Å². The van der Waals surface area contributed by atoms with Gasteiger partial charge in [0.2, 0.25) is 5.83 Å². The number of esters is 1. The summed E-state index contributed by atoms with van der Waals surface area (Å²) in [4.78, 5) is 11.1. The fourth-order valence-corrected chi connectivity index (χ4v) is 2.95. The molecule has 0 amide bonds. The number of carbonyl (C=O) groups is 1. The van der Waals surface area contributed by atoms with Crippen molar-refractivity contribution < 1.29 is 13.9 Å². The molecule has 0 radical (unpaired) electrons. The lowest BCUT2D eigenvalue weighted by Gasteiger charge is -2.33. The smallest absolute Gasteiger partial charge is 0.367 e. The predicted molar refractivity (Wildman–Crippen MR) is 50.2 cm³/mol. The molecule has 0 spiro atoms. The van der Waals surface area contributed by atoms with E-state index < -0.39 is 17.4 Å². The van der Waals surface area contributed by atoms with E-state index in [2.05, 4.69) is 6.58 Å². The van der Waals surface area contributed by atoms with E-state index >= 15 is 0 Å². The molecule has 3 atom stereocenters. The summed E-state index contributed by atoms with van der Waals surface area (Å²) in [6, 6.07) is 0. The molecule has 2 fully saturated rings. The average Bonchev–Trinajstić information content (AvgIpc) is 2.62. The number of fused-ring (bicyclic) bond motifs is 2. The van der Waals surface area contributed by atoms with Crippen molar-refractivity contribution in [2.75, 3.05) is 0 Å². The molecular weight excluding hydrogens is 183 g/mol. The first-order valence-corrected chi connectivity index (χ1v) is 5.09. The van der Waals surface area contributed by atoms with Gasteiger partial charge in [-0.15, -0.1) is 0 Å². The fourth-order valence-electron chi connectivity index (χ4n) is 2.95. The van der Waals surface area contributed by atoms with Crippen LogP contribution in [0.15, 0.2) is 12.4 Å². The van der Waals surface area contributed by atoms with E-state index in [9.17, 15) is 9.18 Å². The van der Waals surface area contributed by atoms with Crippen LogP contribution in [0.25, 0.3) is 0 Å². The highest BCUT2D eigenvalue weighted by Crippen LogP contribution is 2.52. The van der Waals surface area contributed by atoms with Crippen LogP contribution in [0.2, 0.25) is 0 Å². The first-order valence-electron chi connectivity index (χ1n) is 5.09. The van der Waals surface area contributed by atoms with Gasteiger partial charge >= 0.3 is 5.97 Å². The van der Waals surface area contributed by atoms with Crippen molar-refractivity contribution in [3.05, 3.63) is 12.4 Å². The van der Waals surface area contributed by atoms with Crippen LogP contribution in [0, 0.1) is 11.8 Å². The van der Waals surface area contributed by atoms with Gasteiger partial charge in [0.05, 0.1) is 0 Å². The molecule has 2 aliphatic rings. The van der Waals surface area contributed by atoms with E-state index in [0.717, 1.165) is 19.3 Å². The molecule has 0 N–H and O–H groups in total. The molecule has 0 heterocycles. The molecule has 2 rings (SSSR count). The molecule has 78 valence electrons. The van der Waals surface area contributed by atoms with Gasteiger partial charge in [-0.3, -0.25) is 0 Å². The lowest BCUT2D eigenvalue weighted by Crippen LogP contribution is -2.37. The van der Waals surface area contributed by atoms with Crippen molar-refractivity contribution in [1.82, 2.24) is 0 Å². The van der Waals surface area contributed by atoms with Gasteiger partial charge in [0.25, 0.3) is 0 Å². The standard InChI is InChI=1S/C11H15FO2/c1-7(12)10(13)14-11(2)6-8-3-4-9(11)5-8/h8-9H,1,3-6H2,2H3. The van der Waals surface area contributed by atoms with Crippen LogP contribution in [-0.4, -0.2) is 11.6 Å². The van der Waals surface area contributed by atoms with Crippen LogP contribution in [0.3, 0.4) is 0 Å². The molecule has 3 unspecified atom stereocenters. The summed E-state index contributed by atoms with van der Waals surface area (Å²) in [5.41, 5.74) is -0.435. The topological polar surface area (TPSA) is 26.3 Å². The number of carbonyl (C=O) groups excluding carboxylic acids is 1. The van der Waals surface area contributed by atoms with Gasteiger partial charge in [-0.2, -0.15) is 4.39 Å². The van der Waals surface area contributed by atoms with E-state index in [-0.39, 0.29) is 0 Å². The van der Waals surface area contributed by atoms with Crippen LogP contribution in [0.1, 0.15) is 32.6 Å². The van der Waals surface area contributed by atoms with Crippen molar-refractivity contribution in [1.29, 1.82) is 0 Å². The zero-order valence-corrected chi connectivity index (χ0v) is 8.38. The largest absolute Gasteiger partial charge is 0.454 e. The number of rotatable bonds is 2. The summed E-state index contributed by atoms with van der Waals surface area (Å²) in [5, 5.41) is 0. The minimum absolute atomic E-state index is 0.427. The van der Waals surface area contributed by atoms with Crippen molar-refractivity contribution in [3.8, 4) is 0 Å². The van der Waals surface area contributed by atoms with Gasteiger partial charge in [0, 0.05) is 0 Å². The predicted octanol–water partition coefficient (Wildman–Crippen LogP) is 2.59. The molecule has 0 aromatic carbocycles. The summed E-state index contributed by atoms with van der Waals surface area (Å²) >= 11 is 0. The van der Waals surface area contributed by atoms with Crippen molar-refractivity contribution in [3.63, 3.8) is 0 Å². The Balaban J connectivity index is 2.04. The first kappa shape index (κ1) is 9.69. The Hall–Kier alpha value is -0.860. The maximum absolute atomic E-state index is 12.5. The molecule has 0 aromatic heterocycles. The zero-order valence-electron chi connectivity index (χ0n) is 8.38. The molecule has 2 aliphatic carbocycles. The van der Waals surface area contributed by atoms with Gasteiger partial charge in [0.15, 0.2) is 0 Å². The molecule has 3 heteroatoms. The Morgan fingerprint density at radius 2 is 2.29 bits per heavy atom. The number of halogens is 1. The van der Waals surface area contributed by atoms with Gasteiger partial charge in [-0.05, 0) is 44.4 Å². The molecule has 2 nitrogen and oxygen atoms in total. The molecule has 2 bridgehead atoms. The monoisotopic (exact) mass is 198 g/mol. The summed E-state index contributed by atoms with van der Waals surface area (Å²) in [6.45, 7) is 4.86. The van der Waals surface area contributed by atoms with Crippen LogP contribution >= 0.6 is 0 Å². The molecule has 0 saturated heterocycles. The van der Waals surface area contributed by atoms with Crippen LogP contribution < -0.4 is 0 Å². The normalized spacial score (nSPS) is 39.9. The Kier molecular flexibility index (Phi) is 2.13. The van der Waals surface area contributed by atoms with E-state index in [4.69, 9.17) is 4.74 Å². The summed E-state index contributed by atoms with van der Waals surface area (Å²) in [6.07, 6.45) is 4.35. The van der Waals surface area contributed by atoms with Crippen LogP contribution in [0.5, 0.6) is 0 Å². The first-order chi connectivity index (χ1) is 6.51. The Morgan fingerprint density at radius 3 is 2.71 bits per heavy atom.